The minimum atomic E-state index is -0.496. The van der Waals surface area contributed by atoms with Crippen molar-refractivity contribution in [2.24, 2.45) is 0 Å². The van der Waals surface area contributed by atoms with Gasteiger partial charge in [0, 0.05) is 18.1 Å². The Balaban J connectivity index is 2.98. The van der Waals surface area contributed by atoms with Gasteiger partial charge in [-0.1, -0.05) is 13.0 Å². The number of carbonyl (C=O) groups excluding carboxylic acids is 1. The third-order valence-corrected chi connectivity index (χ3v) is 3.54. The van der Waals surface area contributed by atoms with Crippen LogP contribution in [0.15, 0.2) is 22.7 Å². The van der Waals surface area contributed by atoms with Crippen molar-refractivity contribution in [1.82, 2.24) is 5.32 Å². The van der Waals surface area contributed by atoms with Crippen molar-refractivity contribution in [3.05, 3.63) is 28.2 Å². The first kappa shape index (κ1) is 16.0. The molecule has 1 aromatic carbocycles. The van der Waals surface area contributed by atoms with Crippen LogP contribution in [0.25, 0.3) is 0 Å². The molecule has 0 saturated carbocycles. The Hall–Kier alpha value is -1.07. The third kappa shape index (κ3) is 4.51. The fourth-order valence-electron chi connectivity index (χ4n) is 1.85. The predicted octanol–water partition coefficient (Wildman–Crippen LogP) is 2.46. The number of hydrogen-bond acceptors (Lipinski definition) is 3. The van der Waals surface area contributed by atoms with Gasteiger partial charge in [-0.2, -0.15) is 0 Å². The molecule has 0 unspecified atom stereocenters. The molecule has 0 aliphatic carbocycles. The SMILES string of the molecule is CCCN(CC(=O)NC)c1ccc([C@H](C)O)cc1Br. The Morgan fingerprint density at radius 3 is 2.68 bits per heavy atom. The Bertz CT molecular complexity index is 435. The summed E-state index contributed by atoms with van der Waals surface area (Å²) in [4.78, 5) is 13.6. The van der Waals surface area contributed by atoms with Gasteiger partial charge < -0.3 is 15.3 Å². The third-order valence-electron chi connectivity index (χ3n) is 2.90. The summed E-state index contributed by atoms with van der Waals surface area (Å²) in [6.45, 7) is 4.95. The van der Waals surface area contributed by atoms with Gasteiger partial charge in [0.05, 0.1) is 18.3 Å². The quantitative estimate of drug-likeness (QED) is 0.843. The average Bonchev–Trinajstić information content (AvgIpc) is 2.37. The molecule has 5 heteroatoms. The highest BCUT2D eigenvalue weighted by Gasteiger charge is 2.14. The molecular weight excluding hydrogens is 308 g/mol. The summed E-state index contributed by atoms with van der Waals surface area (Å²) in [7, 11) is 1.64. The molecule has 0 radical (unpaired) electrons. The highest BCUT2D eigenvalue weighted by Crippen LogP contribution is 2.29. The van der Waals surface area contributed by atoms with E-state index in [2.05, 4.69) is 28.2 Å². The van der Waals surface area contributed by atoms with E-state index in [1.54, 1.807) is 14.0 Å². The van der Waals surface area contributed by atoms with Gasteiger partial charge in [-0.25, -0.2) is 0 Å². The molecule has 1 rings (SSSR count). The van der Waals surface area contributed by atoms with Crippen LogP contribution in [0.5, 0.6) is 0 Å². The van der Waals surface area contributed by atoms with Crippen molar-refractivity contribution in [3.63, 3.8) is 0 Å². The second-order valence-corrected chi connectivity index (χ2v) is 5.34. The van der Waals surface area contributed by atoms with E-state index in [1.165, 1.54) is 0 Å². The first-order valence-electron chi connectivity index (χ1n) is 6.42. The summed E-state index contributed by atoms with van der Waals surface area (Å²) in [5.41, 5.74) is 1.82. The first-order valence-corrected chi connectivity index (χ1v) is 7.22. The Labute approximate surface area is 122 Å². The van der Waals surface area contributed by atoms with Crippen LogP contribution >= 0.6 is 15.9 Å². The number of anilines is 1. The summed E-state index contributed by atoms with van der Waals surface area (Å²) in [6.07, 6.45) is 0.464. The summed E-state index contributed by atoms with van der Waals surface area (Å²) in [5, 5.41) is 12.2. The summed E-state index contributed by atoms with van der Waals surface area (Å²) >= 11 is 3.51. The van der Waals surface area contributed by atoms with E-state index in [-0.39, 0.29) is 5.91 Å². The normalized spacial score (nSPS) is 12.1. The number of nitrogens with zero attached hydrogens (tertiary/aromatic N) is 1. The van der Waals surface area contributed by atoms with Gasteiger partial charge in [-0.15, -0.1) is 0 Å². The maximum absolute atomic E-state index is 11.5. The summed E-state index contributed by atoms with van der Waals surface area (Å²) in [5.74, 6) is -0.0139. The average molecular weight is 329 g/mol. The van der Waals surface area contributed by atoms with E-state index in [1.807, 2.05) is 23.1 Å². The van der Waals surface area contributed by atoms with Crippen LogP contribution in [-0.2, 0) is 4.79 Å². The molecule has 0 aromatic heterocycles. The van der Waals surface area contributed by atoms with E-state index < -0.39 is 6.10 Å². The van der Waals surface area contributed by atoms with E-state index in [4.69, 9.17) is 0 Å². The Morgan fingerprint density at radius 1 is 1.53 bits per heavy atom. The smallest absolute Gasteiger partial charge is 0.239 e. The van der Waals surface area contributed by atoms with Crippen molar-refractivity contribution in [2.45, 2.75) is 26.4 Å². The molecule has 0 saturated heterocycles. The number of carbonyl (C=O) groups is 1. The summed E-state index contributed by atoms with van der Waals surface area (Å²) in [6, 6.07) is 5.72. The first-order chi connectivity index (χ1) is 8.99. The number of amides is 1. The molecule has 0 spiro atoms. The van der Waals surface area contributed by atoms with Gasteiger partial charge in [0.25, 0.3) is 0 Å². The van der Waals surface area contributed by atoms with Crippen molar-refractivity contribution < 1.29 is 9.90 Å². The lowest BCUT2D eigenvalue weighted by molar-refractivity contribution is -0.119. The zero-order valence-electron chi connectivity index (χ0n) is 11.6. The lowest BCUT2D eigenvalue weighted by Crippen LogP contribution is -2.36. The van der Waals surface area contributed by atoms with Crippen molar-refractivity contribution in [3.8, 4) is 0 Å². The van der Waals surface area contributed by atoms with E-state index in [0.29, 0.717) is 6.54 Å². The van der Waals surface area contributed by atoms with E-state index >= 15 is 0 Å². The largest absolute Gasteiger partial charge is 0.389 e. The van der Waals surface area contributed by atoms with Crippen LogP contribution in [-0.4, -0.2) is 31.2 Å². The molecule has 2 N–H and O–H groups in total. The van der Waals surface area contributed by atoms with Crippen LogP contribution < -0.4 is 10.2 Å². The molecule has 106 valence electrons. The van der Waals surface area contributed by atoms with Gasteiger partial charge in [-0.3, -0.25) is 4.79 Å². The number of rotatable bonds is 6. The number of hydrogen-bond donors (Lipinski definition) is 2. The molecule has 1 atom stereocenters. The van der Waals surface area contributed by atoms with Gasteiger partial charge in [-0.05, 0) is 47.0 Å². The fourth-order valence-corrected chi connectivity index (χ4v) is 2.49. The molecular formula is C14H21BrN2O2. The van der Waals surface area contributed by atoms with E-state index in [0.717, 1.165) is 28.7 Å². The number of aliphatic hydroxyl groups is 1. The molecule has 0 heterocycles. The maximum Gasteiger partial charge on any atom is 0.239 e. The fraction of sp³-hybridized carbons (Fsp3) is 0.500. The van der Waals surface area contributed by atoms with Crippen LogP contribution in [0.4, 0.5) is 5.69 Å². The molecule has 0 aliphatic rings. The van der Waals surface area contributed by atoms with Gasteiger partial charge in [0.1, 0.15) is 0 Å². The van der Waals surface area contributed by atoms with Gasteiger partial charge in [0.2, 0.25) is 5.91 Å². The maximum atomic E-state index is 11.5. The van der Waals surface area contributed by atoms with Crippen molar-refractivity contribution in [1.29, 1.82) is 0 Å². The van der Waals surface area contributed by atoms with Crippen molar-refractivity contribution >= 4 is 27.5 Å². The predicted molar refractivity (Wildman–Crippen MR) is 81.3 cm³/mol. The monoisotopic (exact) mass is 328 g/mol. The summed E-state index contributed by atoms with van der Waals surface area (Å²) < 4.78 is 0.892. The molecule has 1 aromatic rings. The lowest BCUT2D eigenvalue weighted by Gasteiger charge is -2.25. The van der Waals surface area contributed by atoms with Crippen LogP contribution in [0.3, 0.4) is 0 Å². The molecule has 0 fully saturated rings. The lowest BCUT2D eigenvalue weighted by atomic mass is 10.1. The number of likely N-dealkylation sites (N-methyl/N-ethyl adjacent to an activating group) is 1. The number of halogens is 1. The van der Waals surface area contributed by atoms with Gasteiger partial charge >= 0.3 is 0 Å². The minimum absolute atomic E-state index is 0.0139. The van der Waals surface area contributed by atoms with Gasteiger partial charge in [0.15, 0.2) is 0 Å². The zero-order chi connectivity index (χ0) is 14.4. The van der Waals surface area contributed by atoms with Crippen LogP contribution in [0, 0.1) is 0 Å². The number of aliphatic hydroxyl groups excluding tert-OH is 1. The van der Waals surface area contributed by atoms with Crippen LogP contribution in [0.2, 0.25) is 0 Å². The second-order valence-electron chi connectivity index (χ2n) is 4.48. The number of nitrogens with one attached hydrogen (secondary N) is 1. The number of benzene rings is 1. The molecule has 0 aliphatic heterocycles. The van der Waals surface area contributed by atoms with E-state index in [9.17, 15) is 9.90 Å². The topological polar surface area (TPSA) is 52.6 Å². The second kappa shape index (κ2) is 7.50. The Kier molecular flexibility index (Phi) is 6.31. The minimum Gasteiger partial charge on any atom is -0.389 e. The standard InChI is InChI=1S/C14H21BrN2O2/c1-4-7-17(9-14(19)16-3)13-6-5-11(10(2)18)8-12(13)15/h5-6,8,10,18H,4,7,9H2,1-3H3,(H,16,19)/t10-/m0/s1. The highest BCUT2D eigenvalue weighted by molar-refractivity contribution is 9.10. The van der Waals surface area contributed by atoms with Crippen LogP contribution in [0.1, 0.15) is 31.9 Å². The molecule has 1 amide bonds. The van der Waals surface area contributed by atoms with Crippen molar-refractivity contribution in [2.75, 3.05) is 25.0 Å². The highest BCUT2D eigenvalue weighted by atomic mass is 79.9. The molecule has 19 heavy (non-hydrogen) atoms. The Morgan fingerprint density at radius 2 is 2.21 bits per heavy atom. The zero-order valence-corrected chi connectivity index (χ0v) is 13.2. The molecule has 4 nitrogen and oxygen atoms in total. The molecule has 0 bridgehead atoms.